The number of hydrogen-bond donors (Lipinski definition) is 0. The van der Waals surface area contributed by atoms with Gasteiger partial charge in [0.1, 0.15) is 11.9 Å². The lowest BCUT2D eigenvalue weighted by Gasteiger charge is -2.38. The Kier molecular flexibility index (Phi) is 2.94. The molecule has 3 heteroatoms. The van der Waals surface area contributed by atoms with Crippen molar-refractivity contribution in [3.8, 4) is 5.75 Å². The van der Waals surface area contributed by atoms with E-state index in [1.165, 1.54) is 0 Å². The minimum absolute atomic E-state index is 0.358. The van der Waals surface area contributed by atoms with Gasteiger partial charge in [0.15, 0.2) is 0 Å². The van der Waals surface area contributed by atoms with E-state index >= 15 is 0 Å². The van der Waals surface area contributed by atoms with Gasteiger partial charge in [0.25, 0.3) is 0 Å². The number of halogens is 1. The molecule has 0 amide bonds. The Balaban J connectivity index is 1.84. The number of rotatable bonds is 3. The smallest absolute Gasteiger partial charge is 0.124 e. The Morgan fingerprint density at radius 3 is 2.57 bits per heavy atom. The van der Waals surface area contributed by atoms with Crippen LogP contribution in [0.5, 0.6) is 5.75 Å². The van der Waals surface area contributed by atoms with Gasteiger partial charge in [-0.1, -0.05) is 18.5 Å². The summed E-state index contributed by atoms with van der Waals surface area (Å²) in [6.07, 6.45) is 0.358. The van der Waals surface area contributed by atoms with Gasteiger partial charge in [0.2, 0.25) is 0 Å². The number of hydrogen-bond acceptors (Lipinski definition) is 2. The van der Waals surface area contributed by atoms with Gasteiger partial charge in [-0.2, -0.15) is 0 Å². The van der Waals surface area contributed by atoms with Crippen molar-refractivity contribution >= 4 is 11.6 Å². The second-order valence-electron chi connectivity index (χ2n) is 3.55. The van der Waals surface area contributed by atoms with Crippen LogP contribution < -0.4 is 4.74 Å². The second-order valence-corrected chi connectivity index (χ2v) is 3.98. The maximum absolute atomic E-state index is 5.78. The topological polar surface area (TPSA) is 12.5 Å². The fraction of sp³-hybridized carbons (Fsp3) is 0.455. The minimum Gasteiger partial charge on any atom is -0.488 e. The summed E-state index contributed by atoms with van der Waals surface area (Å²) >= 11 is 5.78. The van der Waals surface area contributed by atoms with Gasteiger partial charge in [-0.25, -0.2) is 0 Å². The van der Waals surface area contributed by atoms with E-state index in [1.807, 2.05) is 24.3 Å². The average Bonchev–Trinajstić information content (AvgIpc) is 2.13. The summed E-state index contributed by atoms with van der Waals surface area (Å²) in [7, 11) is 0. The molecule has 14 heavy (non-hydrogen) atoms. The maximum Gasteiger partial charge on any atom is 0.124 e. The molecule has 1 aromatic carbocycles. The molecule has 0 bridgehead atoms. The Hall–Kier alpha value is -0.730. The maximum atomic E-state index is 5.78. The third-order valence-electron chi connectivity index (χ3n) is 2.49. The molecule has 0 atom stereocenters. The van der Waals surface area contributed by atoms with E-state index in [0.29, 0.717) is 6.10 Å². The molecule has 2 rings (SSSR count). The van der Waals surface area contributed by atoms with Crippen LogP contribution in [0.3, 0.4) is 0 Å². The van der Waals surface area contributed by atoms with Gasteiger partial charge in [0.05, 0.1) is 0 Å². The lowest BCUT2D eigenvalue weighted by Crippen LogP contribution is -2.53. The molecule has 1 aromatic rings. The van der Waals surface area contributed by atoms with Gasteiger partial charge < -0.3 is 4.74 Å². The zero-order valence-corrected chi connectivity index (χ0v) is 9.00. The van der Waals surface area contributed by atoms with Crippen molar-refractivity contribution in [3.63, 3.8) is 0 Å². The van der Waals surface area contributed by atoms with Crippen LogP contribution in [0.1, 0.15) is 6.92 Å². The Morgan fingerprint density at radius 2 is 2.00 bits per heavy atom. The molecular formula is C11H14ClNO. The first-order valence-corrected chi connectivity index (χ1v) is 5.30. The number of likely N-dealkylation sites (N-methyl/N-ethyl adjacent to an activating group) is 1. The normalized spacial score (nSPS) is 17.9. The van der Waals surface area contributed by atoms with Crippen molar-refractivity contribution in [2.45, 2.75) is 13.0 Å². The molecule has 0 unspecified atom stereocenters. The molecule has 1 heterocycles. The van der Waals surface area contributed by atoms with Gasteiger partial charge in [0, 0.05) is 18.1 Å². The van der Waals surface area contributed by atoms with Crippen molar-refractivity contribution < 1.29 is 4.74 Å². The van der Waals surface area contributed by atoms with E-state index in [0.717, 1.165) is 30.4 Å². The molecule has 0 aromatic heterocycles. The van der Waals surface area contributed by atoms with Crippen LogP contribution in [-0.2, 0) is 0 Å². The van der Waals surface area contributed by atoms with Gasteiger partial charge in [-0.05, 0) is 30.8 Å². The summed E-state index contributed by atoms with van der Waals surface area (Å²) in [6, 6.07) is 7.54. The molecule has 1 fully saturated rings. The van der Waals surface area contributed by atoms with E-state index in [-0.39, 0.29) is 0 Å². The van der Waals surface area contributed by atoms with E-state index in [1.54, 1.807) is 0 Å². The summed E-state index contributed by atoms with van der Waals surface area (Å²) in [5, 5.41) is 0.751. The molecular weight excluding hydrogens is 198 g/mol. The van der Waals surface area contributed by atoms with Crippen molar-refractivity contribution in [1.29, 1.82) is 0 Å². The molecule has 76 valence electrons. The molecule has 0 N–H and O–H groups in total. The third-order valence-corrected chi connectivity index (χ3v) is 2.74. The van der Waals surface area contributed by atoms with Crippen LogP contribution >= 0.6 is 11.6 Å². The highest BCUT2D eigenvalue weighted by Crippen LogP contribution is 2.19. The van der Waals surface area contributed by atoms with E-state index < -0.39 is 0 Å². The monoisotopic (exact) mass is 211 g/mol. The highest BCUT2D eigenvalue weighted by molar-refractivity contribution is 6.30. The highest BCUT2D eigenvalue weighted by atomic mass is 35.5. The fourth-order valence-corrected chi connectivity index (χ4v) is 1.69. The predicted octanol–water partition coefficient (Wildman–Crippen LogP) is 2.42. The van der Waals surface area contributed by atoms with E-state index in [2.05, 4.69) is 11.8 Å². The molecule has 2 nitrogen and oxygen atoms in total. The van der Waals surface area contributed by atoms with Crippen LogP contribution in [0.2, 0.25) is 5.02 Å². The number of nitrogens with zero attached hydrogens (tertiary/aromatic N) is 1. The minimum atomic E-state index is 0.358. The number of likely N-dealkylation sites (tertiary alicyclic amines) is 1. The standard InChI is InChI=1S/C11H14ClNO/c1-2-13-7-11(8-13)14-10-5-3-9(12)4-6-10/h3-6,11H,2,7-8H2,1H3. The van der Waals surface area contributed by atoms with Crippen molar-refractivity contribution in [3.05, 3.63) is 29.3 Å². The SMILES string of the molecule is CCN1CC(Oc2ccc(Cl)cc2)C1. The average molecular weight is 212 g/mol. The molecule has 1 aliphatic rings. The number of ether oxygens (including phenoxy) is 1. The Morgan fingerprint density at radius 1 is 1.36 bits per heavy atom. The fourth-order valence-electron chi connectivity index (χ4n) is 1.56. The Bertz CT molecular complexity index is 293. The van der Waals surface area contributed by atoms with Gasteiger partial charge in [-0.3, -0.25) is 4.90 Å². The van der Waals surface area contributed by atoms with Gasteiger partial charge in [-0.15, -0.1) is 0 Å². The van der Waals surface area contributed by atoms with Crippen molar-refractivity contribution in [2.75, 3.05) is 19.6 Å². The second kappa shape index (κ2) is 4.20. The number of benzene rings is 1. The molecule has 0 radical (unpaired) electrons. The van der Waals surface area contributed by atoms with Gasteiger partial charge >= 0.3 is 0 Å². The highest BCUT2D eigenvalue weighted by Gasteiger charge is 2.26. The summed E-state index contributed by atoms with van der Waals surface area (Å²) in [5.41, 5.74) is 0. The molecule has 0 aliphatic carbocycles. The lowest BCUT2D eigenvalue weighted by molar-refractivity contribution is 0.0238. The largest absolute Gasteiger partial charge is 0.488 e. The van der Waals surface area contributed by atoms with Crippen LogP contribution in [0, 0.1) is 0 Å². The quantitative estimate of drug-likeness (QED) is 0.762. The molecule has 0 spiro atoms. The zero-order chi connectivity index (χ0) is 9.97. The van der Waals surface area contributed by atoms with Crippen molar-refractivity contribution in [1.82, 2.24) is 4.90 Å². The first-order valence-electron chi connectivity index (χ1n) is 4.92. The van der Waals surface area contributed by atoms with Crippen LogP contribution in [-0.4, -0.2) is 30.6 Å². The van der Waals surface area contributed by atoms with Crippen LogP contribution in [0.4, 0.5) is 0 Å². The van der Waals surface area contributed by atoms with Crippen molar-refractivity contribution in [2.24, 2.45) is 0 Å². The van der Waals surface area contributed by atoms with E-state index in [4.69, 9.17) is 16.3 Å². The zero-order valence-electron chi connectivity index (χ0n) is 8.24. The summed E-state index contributed by atoms with van der Waals surface area (Å²) in [4.78, 5) is 2.35. The summed E-state index contributed by atoms with van der Waals surface area (Å²) in [6.45, 7) is 5.36. The van der Waals surface area contributed by atoms with Crippen LogP contribution in [0.15, 0.2) is 24.3 Å². The predicted molar refractivity (Wildman–Crippen MR) is 58.0 cm³/mol. The molecule has 1 saturated heterocycles. The Labute approximate surface area is 89.4 Å². The first-order chi connectivity index (χ1) is 6.78. The summed E-state index contributed by atoms with van der Waals surface area (Å²) < 4.78 is 5.74. The molecule has 0 saturated carbocycles. The molecule has 1 aliphatic heterocycles. The summed E-state index contributed by atoms with van der Waals surface area (Å²) in [5.74, 6) is 0.912. The third kappa shape index (κ3) is 2.20. The van der Waals surface area contributed by atoms with Crippen LogP contribution in [0.25, 0.3) is 0 Å². The lowest BCUT2D eigenvalue weighted by atomic mass is 10.2. The first kappa shape index (κ1) is 9.81. The van der Waals surface area contributed by atoms with E-state index in [9.17, 15) is 0 Å².